The van der Waals surface area contributed by atoms with Gasteiger partial charge in [-0.3, -0.25) is 9.89 Å². The summed E-state index contributed by atoms with van der Waals surface area (Å²) in [6.07, 6.45) is 7.59. The standard InChI is InChI=1S/C22H39N5OS/c1-4-23-21(24-11-8-20-26-18(2)19(3)29-20)25-16-22(9-6-5-7-10-22)17-27-12-14-28-15-13-27/h4-17H2,1-3H3,(H2,23,24,25). The number of aliphatic imine (C=N–C) groups is 1. The Balaban J connectivity index is 1.57. The van der Waals surface area contributed by atoms with Gasteiger partial charge in [0.2, 0.25) is 0 Å². The van der Waals surface area contributed by atoms with E-state index in [0.717, 1.165) is 70.6 Å². The second-order valence-electron chi connectivity index (χ2n) is 8.57. The quantitative estimate of drug-likeness (QED) is 0.499. The van der Waals surface area contributed by atoms with Crippen LogP contribution >= 0.6 is 11.3 Å². The SMILES string of the molecule is CCNC(=NCC1(CN2CCOCC2)CCCCC1)NCCc1nc(C)c(C)s1. The molecule has 0 spiro atoms. The molecule has 0 atom stereocenters. The Morgan fingerprint density at radius 2 is 1.93 bits per heavy atom. The maximum Gasteiger partial charge on any atom is 0.191 e. The molecule has 1 saturated heterocycles. The Morgan fingerprint density at radius 1 is 1.17 bits per heavy atom. The van der Waals surface area contributed by atoms with Crippen LogP contribution in [0, 0.1) is 19.3 Å². The van der Waals surface area contributed by atoms with Crippen LogP contribution in [-0.4, -0.2) is 68.3 Å². The summed E-state index contributed by atoms with van der Waals surface area (Å²) < 4.78 is 5.55. The van der Waals surface area contributed by atoms with Crippen LogP contribution in [0.3, 0.4) is 0 Å². The van der Waals surface area contributed by atoms with Crippen molar-refractivity contribution in [2.24, 2.45) is 10.4 Å². The molecule has 2 aliphatic rings. The largest absolute Gasteiger partial charge is 0.379 e. The minimum atomic E-state index is 0.321. The molecule has 1 saturated carbocycles. The Labute approximate surface area is 180 Å². The van der Waals surface area contributed by atoms with E-state index in [-0.39, 0.29) is 0 Å². The number of aromatic nitrogens is 1. The molecule has 1 aliphatic carbocycles. The topological polar surface area (TPSA) is 61.8 Å². The molecule has 29 heavy (non-hydrogen) atoms. The molecule has 2 N–H and O–H groups in total. The minimum absolute atomic E-state index is 0.321. The molecule has 0 unspecified atom stereocenters. The molecule has 2 heterocycles. The molecule has 3 rings (SSSR count). The van der Waals surface area contributed by atoms with Gasteiger partial charge in [-0.15, -0.1) is 11.3 Å². The number of nitrogens with zero attached hydrogens (tertiary/aromatic N) is 3. The molecule has 0 radical (unpaired) electrons. The van der Waals surface area contributed by atoms with Crippen LogP contribution in [0.5, 0.6) is 0 Å². The number of rotatable bonds is 8. The molecule has 164 valence electrons. The predicted molar refractivity (Wildman–Crippen MR) is 122 cm³/mol. The average molecular weight is 422 g/mol. The van der Waals surface area contributed by atoms with E-state index in [2.05, 4.69) is 41.3 Å². The van der Waals surface area contributed by atoms with Crippen molar-refractivity contribution in [2.45, 2.75) is 59.3 Å². The molecular weight excluding hydrogens is 382 g/mol. The van der Waals surface area contributed by atoms with Gasteiger partial charge in [0.25, 0.3) is 0 Å². The summed E-state index contributed by atoms with van der Waals surface area (Å²) in [7, 11) is 0. The van der Waals surface area contributed by atoms with Crippen molar-refractivity contribution in [2.75, 3.05) is 52.5 Å². The first-order chi connectivity index (χ1) is 14.1. The normalized spacial score (nSPS) is 20.6. The number of guanidine groups is 1. The first kappa shape index (κ1) is 22.5. The van der Waals surface area contributed by atoms with Gasteiger partial charge in [0.15, 0.2) is 5.96 Å². The Morgan fingerprint density at radius 3 is 2.59 bits per heavy atom. The number of nitrogens with one attached hydrogen (secondary N) is 2. The highest BCUT2D eigenvalue weighted by molar-refractivity contribution is 7.11. The Hall–Kier alpha value is -1.18. The number of aryl methyl sites for hydroxylation is 2. The van der Waals surface area contributed by atoms with Crippen molar-refractivity contribution in [3.05, 3.63) is 15.6 Å². The zero-order valence-corrected chi connectivity index (χ0v) is 19.4. The number of hydrogen-bond acceptors (Lipinski definition) is 5. The fourth-order valence-electron chi connectivity index (χ4n) is 4.42. The smallest absolute Gasteiger partial charge is 0.191 e. The van der Waals surface area contributed by atoms with Crippen LogP contribution in [0.25, 0.3) is 0 Å². The van der Waals surface area contributed by atoms with Gasteiger partial charge in [0, 0.05) is 56.0 Å². The minimum Gasteiger partial charge on any atom is -0.379 e. The summed E-state index contributed by atoms with van der Waals surface area (Å²) in [5.74, 6) is 0.949. The summed E-state index contributed by atoms with van der Waals surface area (Å²) in [5.41, 5.74) is 1.48. The molecular formula is C22H39N5OS. The van der Waals surface area contributed by atoms with Gasteiger partial charge < -0.3 is 15.4 Å². The Kier molecular flexibility index (Phi) is 8.75. The van der Waals surface area contributed by atoms with Crippen LogP contribution in [0.1, 0.15) is 54.6 Å². The van der Waals surface area contributed by atoms with Gasteiger partial charge in [-0.2, -0.15) is 0 Å². The first-order valence-corrected chi connectivity index (χ1v) is 12.2. The van der Waals surface area contributed by atoms with Gasteiger partial charge in [0.1, 0.15) is 0 Å². The third-order valence-electron chi connectivity index (χ3n) is 6.20. The maximum absolute atomic E-state index is 5.55. The highest BCUT2D eigenvalue weighted by atomic mass is 32.1. The number of ether oxygens (including phenoxy) is 1. The molecule has 7 heteroatoms. The fourth-order valence-corrected chi connectivity index (χ4v) is 5.36. The van der Waals surface area contributed by atoms with E-state index in [9.17, 15) is 0 Å². The molecule has 1 aromatic heterocycles. The molecule has 6 nitrogen and oxygen atoms in total. The molecule has 1 aliphatic heterocycles. The zero-order valence-electron chi connectivity index (χ0n) is 18.6. The molecule has 0 aromatic carbocycles. The van der Waals surface area contributed by atoms with E-state index in [1.54, 1.807) is 0 Å². The van der Waals surface area contributed by atoms with E-state index in [4.69, 9.17) is 9.73 Å². The van der Waals surface area contributed by atoms with Gasteiger partial charge >= 0.3 is 0 Å². The lowest BCUT2D eigenvalue weighted by Gasteiger charge is -2.41. The number of thiazole rings is 1. The first-order valence-electron chi connectivity index (χ1n) is 11.4. The van der Waals surface area contributed by atoms with E-state index >= 15 is 0 Å². The van der Waals surface area contributed by atoms with Crippen LogP contribution in [0.2, 0.25) is 0 Å². The Bertz CT molecular complexity index is 628. The lowest BCUT2D eigenvalue weighted by Crippen LogP contribution is -2.46. The zero-order chi connectivity index (χ0) is 20.5. The van der Waals surface area contributed by atoms with Crippen molar-refractivity contribution >= 4 is 17.3 Å². The van der Waals surface area contributed by atoms with E-state index < -0.39 is 0 Å². The van der Waals surface area contributed by atoms with Gasteiger partial charge in [0.05, 0.1) is 23.9 Å². The summed E-state index contributed by atoms with van der Waals surface area (Å²) in [6.45, 7) is 14.1. The highest BCUT2D eigenvalue weighted by Gasteiger charge is 2.34. The third kappa shape index (κ3) is 6.93. The monoisotopic (exact) mass is 421 g/mol. The van der Waals surface area contributed by atoms with E-state index in [1.807, 2.05) is 11.3 Å². The van der Waals surface area contributed by atoms with Crippen LogP contribution in [0.4, 0.5) is 0 Å². The maximum atomic E-state index is 5.55. The lowest BCUT2D eigenvalue weighted by molar-refractivity contribution is 0.00937. The number of hydrogen-bond donors (Lipinski definition) is 2. The van der Waals surface area contributed by atoms with Crippen LogP contribution < -0.4 is 10.6 Å². The summed E-state index contributed by atoms with van der Waals surface area (Å²) in [4.78, 5) is 13.6. The second-order valence-corrected chi connectivity index (χ2v) is 9.86. The van der Waals surface area contributed by atoms with E-state index in [1.165, 1.54) is 42.0 Å². The molecule has 0 amide bonds. The second kappa shape index (κ2) is 11.3. The summed E-state index contributed by atoms with van der Waals surface area (Å²) >= 11 is 1.81. The van der Waals surface area contributed by atoms with Crippen molar-refractivity contribution in [1.82, 2.24) is 20.5 Å². The van der Waals surface area contributed by atoms with Crippen molar-refractivity contribution in [3.63, 3.8) is 0 Å². The fraction of sp³-hybridized carbons (Fsp3) is 0.818. The highest BCUT2D eigenvalue weighted by Crippen LogP contribution is 2.37. The third-order valence-corrected chi connectivity index (χ3v) is 7.33. The van der Waals surface area contributed by atoms with Crippen molar-refractivity contribution in [1.29, 1.82) is 0 Å². The molecule has 1 aromatic rings. The van der Waals surface area contributed by atoms with Gasteiger partial charge in [-0.05, 0) is 33.6 Å². The summed E-state index contributed by atoms with van der Waals surface area (Å²) in [6, 6.07) is 0. The van der Waals surface area contributed by atoms with Gasteiger partial charge in [-0.25, -0.2) is 4.98 Å². The lowest BCUT2D eigenvalue weighted by atomic mass is 9.73. The molecule has 2 fully saturated rings. The van der Waals surface area contributed by atoms with Gasteiger partial charge in [-0.1, -0.05) is 19.3 Å². The molecule has 0 bridgehead atoms. The predicted octanol–water partition coefficient (Wildman–Crippen LogP) is 3.14. The van der Waals surface area contributed by atoms with E-state index in [0.29, 0.717) is 5.41 Å². The van der Waals surface area contributed by atoms with Crippen molar-refractivity contribution in [3.8, 4) is 0 Å². The van der Waals surface area contributed by atoms with Crippen molar-refractivity contribution < 1.29 is 4.74 Å². The average Bonchev–Trinajstić information content (AvgIpc) is 3.05. The summed E-state index contributed by atoms with van der Waals surface area (Å²) in [5, 5.41) is 8.17. The number of morpholine rings is 1. The van der Waals surface area contributed by atoms with Crippen LogP contribution in [-0.2, 0) is 11.2 Å². The van der Waals surface area contributed by atoms with Crippen LogP contribution in [0.15, 0.2) is 4.99 Å².